The number of halogens is 4. The van der Waals surface area contributed by atoms with E-state index >= 15 is 0 Å². The molecule has 2 amide bonds. The van der Waals surface area contributed by atoms with E-state index in [4.69, 9.17) is 22.1 Å². The van der Waals surface area contributed by atoms with E-state index in [-0.39, 0.29) is 18.0 Å². The first-order valence-corrected chi connectivity index (χ1v) is 8.17. The van der Waals surface area contributed by atoms with Gasteiger partial charge < -0.3 is 20.7 Å². The normalized spacial score (nSPS) is 16.8. The average molecular weight is 412 g/mol. The molecule has 0 bridgehead atoms. The highest BCUT2D eigenvalue weighted by Crippen LogP contribution is 2.27. The number of hydrogen-bond donors (Lipinski definition) is 2. The fourth-order valence-electron chi connectivity index (χ4n) is 2.69. The number of nitrogens with one attached hydrogen (secondary N) is 1. The van der Waals surface area contributed by atoms with Crippen LogP contribution in [0.1, 0.15) is 23.2 Å². The van der Waals surface area contributed by atoms with Crippen molar-refractivity contribution < 1.29 is 23.1 Å². The topological polar surface area (TPSA) is 84.7 Å². The Morgan fingerprint density at radius 2 is 2.15 bits per heavy atom. The van der Waals surface area contributed by atoms with Crippen molar-refractivity contribution in [2.75, 3.05) is 26.7 Å². The van der Waals surface area contributed by atoms with Crippen LogP contribution < -0.4 is 15.8 Å². The van der Waals surface area contributed by atoms with Gasteiger partial charge in [0.25, 0.3) is 11.8 Å². The first-order chi connectivity index (χ1) is 11.8. The number of likely N-dealkylation sites (tertiary alicyclic amines) is 1. The van der Waals surface area contributed by atoms with Crippen molar-refractivity contribution in [1.29, 1.82) is 0 Å². The van der Waals surface area contributed by atoms with E-state index in [1.54, 1.807) is 12.1 Å². The number of methoxy groups -OCH3 is 1. The van der Waals surface area contributed by atoms with Gasteiger partial charge in [0.2, 0.25) is 5.91 Å². The van der Waals surface area contributed by atoms with Crippen molar-refractivity contribution in [3.8, 4) is 5.75 Å². The van der Waals surface area contributed by atoms with Gasteiger partial charge in [-0.25, -0.2) is 8.78 Å². The van der Waals surface area contributed by atoms with E-state index < -0.39 is 36.9 Å². The summed E-state index contributed by atoms with van der Waals surface area (Å²) in [4.78, 5) is 26.4. The zero-order chi connectivity index (χ0) is 18.6. The lowest BCUT2D eigenvalue weighted by Gasteiger charge is -2.25. The van der Waals surface area contributed by atoms with E-state index in [0.717, 1.165) is 0 Å². The fraction of sp³-hybridized carbons (Fsp3) is 0.500. The number of nitrogens with zero attached hydrogens (tertiary/aromatic N) is 1. The van der Waals surface area contributed by atoms with Crippen molar-refractivity contribution in [1.82, 2.24) is 10.2 Å². The molecule has 10 heteroatoms. The van der Waals surface area contributed by atoms with Crippen molar-refractivity contribution >= 4 is 35.8 Å². The molecule has 1 aromatic rings. The van der Waals surface area contributed by atoms with E-state index in [9.17, 15) is 18.4 Å². The summed E-state index contributed by atoms with van der Waals surface area (Å²) in [6, 6.07) is 3.78. The van der Waals surface area contributed by atoms with Gasteiger partial charge in [0.1, 0.15) is 11.8 Å². The number of benzene rings is 1. The van der Waals surface area contributed by atoms with Crippen LogP contribution in [0.4, 0.5) is 8.78 Å². The molecule has 0 spiro atoms. The summed E-state index contributed by atoms with van der Waals surface area (Å²) in [5.41, 5.74) is 5.18. The van der Waals surface area contributed by atoms with Gasteiger partial charge in [-0.05, 0) is 31.0 Å². The number of nitrogens with two attached hydrogens (primary N) is 1. The van der Waals surface area contributed by atoms with Crippen molar-refractivity contribution in [2.45, 2.75) is 24.8 Å². The number of hydrogen-bond acceptors (Lipinski definition) is 4. The van der Waals surface area contributed by atoms with Crippen LogP contribution in [0, 0.1) is 0 Å². The molecule has 146 valence electrons. The number of rotatable bonds is 6. The molecule has 6 nitrogen and oxygen atoms in total. The van der Waals surface area contributed by atoms with E-state index in [2.05, 4.69) is 5.32 Å². The predicted molar refractivity (Wildman–Crippen MR) is 96.3 cm³/mol. The maximum atomic E-state index is 13.2. The third-order valence-corrected chi connectivity index (χ3v) is 4.26. The molecule has 26 heavy (non-hydrogen) atoms. The molecular weight excluding hydrogens is 391 g/mol. The lowest BCUT2D eigenvalue weighted by atomic mass is 10.1. The van der Waals surface area contributed by atoms with Gasteiger partial charge in [0.05, 0.1) is 25.8 Å². The van der Waals surface area contributed by atoms with Gasteiger partial charge in [-0.15, -0.1) is 12.4 Å². The number of carbonyl (C=O) groups excluding carboxylic acids is 2. The third kappa shape index (κ3) is 5.18. The second kappa shape index (κ2) is 9.34. The Hall–Kier alpha value is -1.64. The molecule has 1 aliphatic heterocycles. The second-order valence-electron chi connectivity index (χ2n) is 5.78. The lowest BCUT2D eigenvalue weighted by molar-refractivity contribution is -0.126. The molecule has 1 aromatic carbocycles. The first-order valence-electron chi connectivity index (χ1n) is 7.79. The van der Waals surface area contributed by atoms with Crippen molar-refractivity contribution in [3.05, 3.63) is 28.8 Å². The van der Waals surface area contributed by atoms with Crippen LogP contribution in [0.15, 0.2) is 18.2 Å². The Morgan fingerprint density at radius 3 is 2.77 bits per heavy atom. The molecule has 1 unspecified atom stereocenters. The minimum absolute atomic E-state index is 0. The van der Waals surface area contributed by atoms with E-state index in [1.165, 1.54) is 18.1 Å². The largest absolute Gasteiger partial charge is 0.496 e. The first kappa shape index (κ1) is 22.4. The summed E-state index contributed by atoms with van der Waals surface area (Å²) in [7, 11) is 1.42. The Balaban J connectivity index is 0.00000338. The molecule has 3 N–H and O–H groups in total. The fourth-order valence-corrected chi connectivity index (χ4v) is 2.86. The van der Waals surface area contributed by atoms with Crippen LogP contribution in [-0.4, -0.2) is 55.4 Å². The Kier molecular flexibility index (Phi) is 8.05. The Morgan fingerprint density at radius 1 is 1.46 bits per heavy atom. The standard InChI is InChI=1S/C16H20ClF2N3O3.ClH/c1-25-13-5-4-10(17)7-11(13)15(24)22-6-2-3-12(22)14(23)21-9-16(18,19)8-20;/h4-5,7,12H,2-3,6,8-9,20H2,1H3,(H,21,23);1H. The van der Waals surface area contributed by atoms with Gasteiger partial charge in [-0.2, -0.15) is 0 Å². The summed E-state index contributed by atoms with van der Waals surface area (Å²) >= 11 is 5.94. The summed E-state index contributed by atoms with van der Waals surface area (Å²) in [5, 5.41) is 2.53. The van der Waals surface area contributed by atoms with Crippen LogP contribution in [0.3, 0.4) is 0 Å². The molecule has 1 fully saturated rings. The molecule has 0 saturated carbocycles. The summed E-state index contributed by atoms with van der Waals surface area (Å²) in [6.45, 7) is -1.37. The molecule has 0 radical (unpaired) electrons. The van der Waals surface area contributed by atoms with Gasteiger partial charge in [-0.1, -0.05) is 11.6 Å². The second-order valence-corrected chi connectivity index (χ2v) is 6.22. The molecule has 1 aliphatic rings. The zero-order valence-corrected chi connectivity index (χ0v) is 15.7. The van der Waals surface area contributed by atoms with Crippen molar-refractivity contribution in [2.24, 2.45) is 5.73 Å². The van der Waals surface area contributed by atoms with Crippen LogP contribution in [-0.2, 0) is 4.79 Å². The summed E-state index contributed by atoms with van der Waals surface area (Å²) in [5.74, 6) is -3.91. The molecule has 0 aromatic heterocycles. The number of alkyl halides is 2. The van der Waals surface area contributed by atoms with Crippen LogP contribution in [0.25, 0.3) is 0 Å². The van der Waals surface area contributed by atoms with Gasteiger partial charge in [0.15, 0.2) is 0 Å². The lowest BCUT2D eigenvalue weighted by Crippen LogP contribution is -2.49. The van der Waals surface area contributed by atoms with Gasteiger partial charge in [0, 0.05) is 11.6 Å². The molecule has 1 saturated heterocycles. The number of amides is 2. The summed E-state index contributed by atoms with van der Waals surface area (Å²) in [6.07, 6.45) is 0.995. The monoisotopic (exact) mass is 411 g/mol. The SMILES string of the molecule is COc1ccc(Cl)cc1C(=O)N1CCCC1C(=O)NCC(F)(F)CN.Cl. The van der Waals surface area contributed by atoms with E-state index in [0.29, 0.717) is 30.2 Å². The quantitative estimate of drug-likeness (QED) is 0.750. The van der Waals surface area contributed by atoms with Crippen LogP contribution in [0.2, 0.25) is 5.02 Å². The Bertz CT molecular complexity index is 662. The van der Waals surface area contributed by atoms with Crippen LogP contribution >= 0.6 is 24.0 Å². The van der Waals surface area contributed by atoms with Crippen LogP contribution in [0.5, 0.6) is 5.75 Å². The van der Waals surface area contributed by atoms with E-state index in [1.807, 2.05) is 0 Å². The van der Waals surface area contributed by atoms with Crippen molar-refractivity contribution in [3.63, 3.8) is 0 Å². The highest BCUT2D eigenvalue weighted by Gasteiger charge is 2.37. The maximum Gasteiger partial charge on any atom is 0.277 e. The smallest absolute Gasteiger partial charge is 0.277 e. The molecule has 0 aliphatic carbocycles. The maximum absolute atomic E-state index is 13.2. The third-order valence-electron chi connectivity index (χ3n) is 4.03. The minimum Gasteiger partial charge on any atom is -0.496 e. The molecule has 1 atom stereocenters. The molecule has 2 rings (SSSR count). The molecular formula is C16H21Cl2F2N3O3. The highest BCUT2D eigenvalue weighted by molar-refractivity contribution is 6.31. The zero-order valence-electron chi connectivity index (χ0n) is 14.1. The average Bonchev–Trinajstić information content (AvgIpc) is 3.08. The number of ether oxygens (including phenoxy) is 1. The van der Waals surface area contributed by atoms with Gasteiger partial charge >= 0.3 is 0 Å². The molecule has 1 heterocycles. The minimum atomic E-state index is -3.18. The highest BCUT2D eigenvalue weighted by atomic mass is 35.5. The van der Waals surface area contributed by atoms with Gasteiger partial charge in [-0.3, -0.25) is 9.59 Å². The summed E-state index contributed by atoms with van der Waals surface area (Å²) < 4.78 is 31.6. The predicted octanol–water partition coefficient (Wildman–Crippen LogP) is 2.09. The number of carbonyl (C=O) groups is 2. The Labute approximate surface area is 161 Å².